The molecule has 0 saturated carbocycles. The van der Waals surface area contributed by atoms with E-state index in [1.165, 1.54) is 18.5 Å². The molecule has 0 aliphatic rings. The summed E-state index contributed by atoms with van der Waals surface area (Å²) < 4.78 is 40.6. The van der Waals surface area contributed by atoms with Gasteiger partial charge in [-0.2, -0.15) is 13.2 Å². The molecule has 0 amide bonds. The Hall–Kier alpha value is -2.94. The fraction of sp³-hybridized carbons (Fsp3) is 0.222. The second-order valence-corrected chi connectivity index (χ2v) is 6.30. The smallest absolute Gasteiger partial charge is 0.298 e. The maximum Gasteiger partial charge on any atom is 0.416 e. The predicted molar refractivity (Wildman–Crippen MR) is 96.4 cm³/mol. The number of Topliss-reactive ketones (excluding diaryl/α,β-unsaturated/α-hetero) is 1. The molecule has 28 heavy (non-hydrogen) atoms. The molecule has 3 aromatic rings. The fourth-order valence-electron chi connectivity index (χ4n) is 2.55. The first-order chi connectivity index (χ1) is 13.2. The monoisotopic (exact) mass is 410 g/mol. The molecule has 1 aromatic carbocycles. The molecule has 2 heterocycles. The maximum atomic E-state index is 12.8. The molecule has 3 rings (SSSR count). The lowest BCUT2D eigenvalue weighted by Gasteiger charge is -2.09. The van der Waals surface area contributed by atoms with Crippen molar-refractivity contribution < 1.29 is 18.0 Å². The van der Waals surface area contributed by atoms with Crippen molar-refractivity contribution in [1.82, 2.24) is 19.3 Å². The lowest BCUT2D eigenvalue weighted by molar-refractivity contribution is -0.137. The number of carbonyl (C=O) groups is 1. The summed E-state index contributed by atoms with van der Waals surface area (Å²) in [5.74, 6) is -0.118. The number of hydrogen-bond donors (Lipinski definition) is 0. The molecule has 146 valence electrons. The van der Waals surface area contributed by atoms with Gasteiger partial charge in [0, 0.05) is 24.4 Å². The third kappa shape index (κ3) is 3.84. The minimum absolute atomic E-state index is 0.0982. The normalized spacial score (nSPS) is 11.6. The van der Waals surface area contributed by atoms with E-state index in [-0.39, 0.29) is 35.3 Å². The lowest BCUT2D eigenvalue weighted by atomic mass is 10.2. The summed E-state index contributed by atoms with van der Waals surface area (Å²) in [6.07, 6.45) is -1.49. The third-order valence-electron chi connectivity index (χ3n) is 4.03. The highest BCUT2D eigenvalue weighted by molar-refractivity contribution is 6.33. The molecule has 6 nitrogen and oxygen atoms in total. The third-order valence-corrected chi connectivity index (χ3v) is 4.33. The topological polar surface area (TPSA) is 69.8 Å². The van der Waals surface area contributed by atoms with Gasteiger partial charge in [0.15, 0.2) is 11.6 Å². The average molecular weight is 411 g/mol. The van der Waals surface area contributed by atoms with Crippen LogP contribution in [0.25, 0.3) is 17.1 Å². The molecule has 0 atom stereocenters. The first-order valence-corrected chi connectivity index (χ1v) is 8.59. The van der Waals surface area contributed by atoms with Crippen molar-refractivity contribution in [1.29, 1.82) is 0 Å². The standard InChI is InChI=1S/C18H14ClF3N4O2/c1-2-13(27)10-25-17(28)26(12-5-3-11(4-6-12)18(20,21)22)16(24-25)14-7-8-23-9-15(14)19/h3-9H,2,10H2,1H3. The first kappa shape index (κ1) is 19.8. The van der Waals surface area contributed by atoms with Crippen molar-refractivity contribution in [3.05, 3.63) is 63.8 Å². The van der Waals surface area contributed by atoms with Gasteiger partial charge < -0.3 is 0 Å². The van der Waals surface area contributed by atoms with Gasteiger partial charge in [-0.3, -0.25) is 9.78 Å². The maximum absolute atomic E-state index is 12.8. The number of carbonyl (C=O) groups excluding carboxylic acids is 1. The van der Waals surface area contributed by atoms with Gasteiger partial charge in [0.25, 0.3) is 0 Å². The number of hydrogen-bond acceptors (Lipinski definition) is 4. The quantitative estimate of drug-likeness (QED) is 0.642. The molecule has 0 saturated heterocycles. The van der Waals surface area contributed by atoms with Gasteiger partial charge in [-0.15, -0.1) is 5.10 Å². The van der Waals surface area contributed by atoms with E-state index in [4.69, 9.17) is 11.6 Å². The minimum atomic E-state index is -4.50. The van der Waals surface area contributed by atoms with Crippen molar-refractivity contribution in [2.75, 3.05) is 0 Å². The van der Waals surface area contributed by atoms with Crippen LogP contribution in [0.3, 0.4) is 0 Å². The Kier molecular flexibility index (Phi) is 5.37. The number of ketones is 1. The fourth-order valence-corrected chi connectivity index (χ4v) is 2.76. The van der Waals surface area contributed by atoms with Gasteiger partial charge in [-0.1, -0.05) is 18.5 Å². The molecule has 0 radical (unpaired) electrons. The highest BCUT2D eigenvalue weighted by Gasteiger charge is 2.30. The van der Waals surface area contributed by atoms with Crippen LogP contribution >= 0.6 is 11.6 Å². The van der Waals surface area contributed by atoms with E-state index < -0.39 is 17.4 Å². The van der Waals surface area contributed by atoms with Crippen LogP contribution in [0.5, 0.6) is 0 Å². The molecule has 0 fully saturated rings. The number of rotatable bonds is 5. The van der Waals surface area contributed by atoms with E-state index in [9.17, 15) is 22.8 Å². The zero-order valence-electron chi connectivity index (χ0n) is 14.6. The predicted octanol–water partition coefficient (Wildman–Crippen LogP) is 3.75. The largest absolute Gasteiger partial charge is 0.416 e. The van der Waals surface area contributed by atoms with Crippen LogP contribution < -0.4 is 5.69 Å². The molecule has 2 aromatic heterocycles. The van der Waals surface area contributed by atoms with Crippen molar-refractivity contribution in [3.8, 4) is 17.1 Å². The zero-order chi connectivity index (χ0) is 20.5. The number of nitrogens with zero attached hydrogens (tertiary/aromatic N) is 4. The van der Waals surface area contributed by atoms with Crippen LogP contribution in [0.1, 0.15) is 18.9 Å². The summed E-state index contributed by atoms with van der Waals surface area (Å²) in [4.78, 5) is 28.5. The minimum Gasteiger partial charge on any atom is -0.298 e. The van der Waals surface area contributed by atoms with Crippen LogP contribution in [0.4, 0.5) is 13.2 Å². The first-order valence-electron chi connectivity index (χ1n) is 8.21. The van der Waals surface area contributed by atoms with Crippen LogP contribution in [0.2, 0.25) is 5.02 Å². The van der Waals surface area contributed by atoms with E-state index in [1.807, 2.05) is 0 Å². The lowest BCUT2D eigenvalue weighted by Crippen LogP contribution is -2.27. The van der Waals surface area contributed by atoms with E-state index in [2.05, 4.69) is 10.1 Å². The molecule has 0 spiro atoms. The van der Waals surface area contributed by atoms with Crippen LogP contribution in [-0.2, 0) is 17.5 Å². The van der Waals surface area contributed by atoms with Crippen molar-refractivity contribution in [2.24, 2.45) is 0 Å². The summed E-state index contributed by atoms with van der Waals surface area (Å²) in [6, 6.07) is 5.59. The van der Waals surface area contributed by atoms with E-state index in [0.29, 0.717) is 5.56 Å². The van der Waals surface area contributed by atoms with Gasteiger partial charge in [0.2, 0.25) is 0 Å². The zero-order valence-corrected chi connectivity index (χ0v) is 15.3. The molecule has 0 aliphatic heterocycles. The summed E-state index contributed by atoms with van der Waals surface area (Å²) in [5.41, 5.74) is -0.988. The number of pyridine rings is 1. The summed E-state index contributed by atoms with van der Waals surface area (Å²) in [7, 11) is 0. The number of benzene rings is 1. The van der Waals surface area contributed by atoms with Crippen LogP contribution in [0.15, 0.2) is 47.5 Å². The Morgan fingerprint density at radius 1 is 1.18 bits per heavy atom. The van der Waals surface area contributed by atoms with Gasteiger partial charge in [0.1, 0.15) is 6.54 Å². The van der Waals surface area contributed by atoms with Gasteiger partial charge in [-0.25, -0.2) is 14.0 Å². The molecule has 10 heteroatoms. The number of alkyl halides is 3. The Balaban J connectivity index is 2.20. The summed E-state index contributed by atoms with van der Waals surface area (Å²) in [6.45, 7) is 1.40. The molecule has 0 bridgehead atoms. The van der Waals surface area contributed by atoms with Crippen molar-refractivity contribution in [2.45, 2.75) is 26.1 Å². The second-order valence-electron chi connectivity index (χ2n) is 5.89. The van der Waals surface area contributed by atoms with E-state index >= 15 is 0 Å². The van der Waals surface area contributed by atoms with Crippen LogP contribution in [0, 0.1) is 0 Å². The highest BCUT2D eigenvalue weighted by atomic mass is 35.5. The van der Waals surface area contributed by atoms with E-state index in [0.717, 1.165) is 33.5 Å². The highest BCUT2D eigenvalue weighted by Crippen LogP contribution is 2.31. The Morgan fingerprint density at radius 3 is 2.43 bits per heavy atom. The molecule has 0 unspecified atom stereocenters. The molecular weight excluding hydrogens is 397 g/mol. The van der Waals surface area contributed by atoms with Crippen molar-refractivity contribution in [3.63, 3.8) is 0 Å². The number of halogens is 4. The summed E-state index contributed by atoms with van der Waals surface area (Å²) in [5, 5.41) is 4.39. The van der Waals surface area contributed by atoms with Crippen LogP contribution in [-0.4, -0.2) is 25.1 Å². The van der Waals surface area contributed by atoms with Gasteiger partial charge >= 0.3 is 11.9 Å². The second kappa shape index (κ2) is 7.59. The average Bonchev–Trinajstić information content (AvgIpc) is 2.97. The Labute approximate surface area is 162 Å². The molecule has 0 aliphatic carbocycles. The van der Waals surface area contributed by atoms with Gasteiger partial charge in [0.05, 0.1) is 16.3 Å². The number of aromatic nitrogens is 4. The molecule has 0 N–H and O–H groups in total. The Bertz CT molecular complexity index is 1070. The Morgan fingerprint density at radius 2 is 1.86 bits per heavy atom. The summed E-state index contributed by atoms with van der Waals surface area (Å²) >= 11 is 6.16. The molecular formula is C18H14ClF3N4O2. The SMILES string of the molecule is CCC(=O)Cn1nc(-c2ccncc2Cl)n(-c2ccc(C(F)(F)F)cc2)c1=O. The van der Waals surface area contributed by atoms with Gasteiger partial charge in [-0.05, 0) is 30.3 Å². The van der Waals surface area contributed by atoms with E-state index in [1.54, 1.807) is 6.92 Å². The van der Waals surface area contributed by atoms with Crippen molar-refractivity contribution >= 4 is 17.4 Å².